The highest BCUT2D eigenvalue weighted by molar-refractivity contribution is 5.97. The van der Waals surface area contributed by atoms with E-state index in [0.717, 1.165) is 30.4 Å². The molecule has 1 amide bonds. The number of nitrogens with one attached hydrogen (secondary N) is 1. The third-order valence-corrected chi connectivity index (χ3v) is 3.79. The monoisotopic (exact) mass is 270 g/mol. The Morgan fingerprint density at radius 1 is 1.45 bits per heavy atom. The lowest BCUT2D eigenvalue weighted by Gasteiger charge is -2.23. The molecule has 1 aromatic heterocycles. The molecule has 1 saturated heterocycles. The second kappa shape index (κ2) is 5.21. The second-order valence-electron chi connectivity index (χ2n) is 5.50. The largest absolute Gasteiger partial charge is 0.373 e. The predicted octanol–water partition coefficient (Wildman–Crippen LogP) is 2.53. The van der Waals surface area contributed by atoms with Crippen molar-refractivity contribution in [3.8, 4) is 0 Å². The van der Waals surface area contributed by atoms with Crippen LogP contribution >= 0.6 is 0 Å². The summed E-state index contributed by atoms with van der Waals surface area (Å²) >= 11 is 0. The molecular weight excluding hydrogens is 252 g/mol. The van der Waals surface area contributed by atoms with Crippen molar-refractivity contribution < 1.29 is 9.53 Å². The van der Waals surface area contributed by atoms with Gasteiger partial charge in [-0.15, -0.1) is 0 Å². The topological polar surface area (TPSA) is 51.2 Å². The van der Waals surface area contributed by atoms with E-state index in [1.165, 1.54) is 0 Å². The van der Waals surface area contributed by atoms with Gasteiger partial charge < -0.3 is 10.1 Å². The Labute approximate surface area is 118 Å². The van der Waals surface area contributed by atoms with E-state index < -0.39 is 0 Å². The zero-order chi connectivity index (χ0) is 14.0. The molecule has 4 nitrogen and oxygen atoms in total. The van der Waals surface area contributed by atoms with Crippen LogP contribution in [0, 0.1) is 0 Å². The summed E-state index contributed by atoms with van der Waals surface area (Å²) in [6.07, 6.45) is 3.81. The first-order valence-electron chi connectivity index (χ1n) is 6.93. The Balaban J connectivity index is 1.72. The number of benzene rings is 1. The van der Waals surface area contributed by atoms with Crippen molar-refractivity contribution in [1.82, 2.24) is 10.3 Å². The van der Waals surface area contributed by atoms with Crippen molar-refractivity contribution in [1.29, 1.82) is 0 Å². The van der Waals surface area contributed by atoms with Gasteiger partial charge in [0, 0.05) is 30.3 Å². The highest BCUT2D eigenvalue weighted by atomic mass is 16.5. The summed E-state index contributed by atoms with van der Waals surface area (Å²) in [5.74, 6) is -0.0625. The molecule has 2 aromatic rings. The van der Waals surface area contributed by atoms with E-state index in [2.05, 4.69) is 10.3 Å². The predicted molar refractivity (Wildman–Crippen MR) is 77.7 cm³/mol. The molecule has 4 heteroatoms. The quantitative estimate of drug-likeness (QED) is 0.932. The zero-order valence-electron chi connectivity index (χ0n) is 11.6. The number of fused-ring (bicyclic) bond motifs is 1. The molecular formula is C16H18N2O2. The maximum Gasteiger partial charge on any atom is 0.251 e. The Kier molecular flexibility index (Phi) is 3.40. The van der Waals surface area contributed by atoms with Crippen molar-refractivity contribution >= 4 is 16.8 Å². The SMILES string of the molecule is CC1(CNC(=O)c2ccc3ncccc3c2)CCCO1. The van der Waals surface area contributed by atoms with Crippen molar-refractivity contribution in [2.24, 2.45) is 0 Å². The third-order valence-electron chi connectivity index (χ3n) is 3.79. The molecule has 2 heterocycles. The van der Waals surface area contributed by atoms with E-state index in [9.17, 15) is 4.79 Å². The van der Waals surface area contributed by atoms with Gasteiger partial charge in [0.1, 0.15) is 0 Å². The normalized spacial score (nSPS) is 22.1. The van der Waals surface area contributed by atoms with Crippen LogP contribution < -0.4 is 5.32 Å². The van der Waals surface area contributed by atoms with Crippen LogP contribution in [0.4, 0.5) is 0 Å². The summed E-state index contributed by atoms with van der Waals surface area (Å²) in [6, 6.07) is 9.38. The lowest BCUT2D eigenvalue weighted by molar-refractivity contribution is 0.0206. The van der Waals surface area contributed by atoms with Crippen LogP contribution in [0.25, 0.3) is 10.9 Å². The molecule has 1 atom stereocenters. The summed E-state index contributed by atoms with van der Waals surface area (Å²) in [5.41, 5.74) is 1.34. The van der Waals surface area contributed by atoms with E-state index in [1.807, 2.05) is 37.3 Å². The molecule has 1 aromatic carbocycles. The fraction of sp³-hybridized carbons (Fsp3) is 0.375. The molecule has 0 aliphatic carbocycles. The van der Waals surface area contributed by atoms with Crippen molar-refractivity contribution in [3.63, 3.8) is 0 Å². The van der Waals surface area contributed by atoms with Gasteiger partial charge >= 0.3 is 0 Å². The zero-order valence-corrected chi connectivity index (χ0v) is 11.6. The molecule has 0 saturated carbocycles. The number of hydrogen-bond acceptors (Lipinski definition) is 3. The van der Waals surface area contributed by atoms with Crippen LogP contribution in [-0.4, -0.2) is 29.6 Å². The number of carbonyl (C=O) groups excluding carboxylic acids is 1. The Bertz CT molecular complexity index is 633. The smallest absolute Gasteiger partial charge is 0.251 e. The summed E-state index contributed by atoms with van der Waals surface area (Å²) < 4.78 is 5.67. The molecule has 1 aliphatic heterocycles. The number of rotatable bonds is 3. The van der Waals surface area contributed by atoms with E-state index in [1.54, 1.807) is 6.20 Å². The summed E-state index contributed by atoms with van der Waals surface area (Å²) in [5, 5.41) is 3.94. The molecule has 0 bridgehead atoms. The van der Waals surface area contributed by atoms with Gasteiger partial charge in [-0.2, -0.15) is 0 Å². The molecule has 104 valence electrons. The number of nitrogens with zero attached hydrogens (tertiary/aromatic N) is 1. The number of carbonyl (C=O) groups is 1. The number of aromatic nitrogens is 1. The van der Waals surface area contributed by atoms with Crippen LogP contribution in [0.2, 0.25) is 0 Å². The first kappa shape index (κ1) is 13.1. The van der Waals surface area contributed by atoms with Gasteiger partial charge in [0.05, 0.1) is 11.1 Å². The minimum absolute atomic E-state index is 0.0625. The maximum atomic E-state index is 12.2. The van der Waals surface area contributed by atoms with Crippen LogP contribution in [0.5, 0.6) is 0 Å². The fourth-order valence-electron chi connectivity index (χ4n) is 2.56. The summed E-state index contributed by atoms with van der Waals surface area (Å²) in [6.45, 7) is 3.38. The first-order chi connectivity index (χ1) is 9.66. The number of pyridine rings is 1. The highest BCUT2D eigenvalue weighted by Crippen LogP contribution is 2.24. The Hall–Kier alpha value is -1.94. The Morgan fingerprint density at radius 2 is 2.35 bits per heavy atom. The van der Waals surface area contributed by atoms with Crippen LogP contribution in [0.15, 0.2) is 36.5 Å². The molecule has 1 aliphatic rings. The average molecular weight is 270 g/mol. The average Bonchev–Trinajstić information content (AvgIpc) is 2.91. The fourth-order valence-corrected chi connectivity index (χ4v) is 2.56. The molecule has 20 heavy (non-hydrogen) atoms. The molecule has 1 unspecified atom stereocenters. The minimum atomic E-state index is -0.214. The van der Waals surface area contributed by atoms with Gasteiger partial charge in [-0.3, -0.25) is 9.78 Å². The van der Waals surface area contributed by atoms with E-state index in [0.29, 0.717) is 12.1 Å². The number of amides is 1. The van der Waals surface area contributed by atoms with Gasteiger partial charge in [0.2, 0.25) is 0 Å². The van der Waals surface area contributed by atoms with Gasteiger partial charge in [-0.25, -0.2) is 0 Å². The molecule has 0 spiro atoms. The lowest BCUT2D eigenvalue weighted by atomic mass is 10.0. The Morgan fingerprint density at radius 3 is 3.15 bits per heavy atom. The van der Waals surface area contributed by atoms with Crippen molar-refractivity contribution in [2.75, 3.05) is 13.2 Å². The number of ether oxygens (including phenoxy) is 1. The standard InChI is InChI=1S/C16H18N2O2/c1-16(7-3-9-20-16)11-18-15(19)13-5-6-14-12(10-13)4-2-8-17-14/h2,4-6,8,10H,3,7,9,11H2,1H3,(H,18,19). The molecule has 3 rings (SSSR count). The summed E-state index contributed by atoms with van der Waals surface area (Å²) in [4.78, 5) is 16.5. The maximum absolute atomic E-state index is 12.2. The van der Waals surface area contributed by atoms with E-state index in [-0.39, 0.29) is 11.5 Å². The minimum Gasteiger partial charge on any atom is -0.373 e. The van der Waals surface area contributed by atoms with Gasteiger partial charge in [-0.1, -0.05) is 6.07 Å². The first-order valence-corrected chi connectivity index (χ1v) is 6.93. The van der Waals surface area contributed by atoms with E-state index in [4.69, 9.17) is 4.74 Å². The lowest BCUT2D eigenvalue weighted by Crippen LogP contribution is -2.40. The number of hydrogen-bond donors (Lipinski definition) is 1. The van der Waals surface area contributed by atoms with Gasteiger partial charge in [0.15, 0.2) is 0 Å². The van der Waals surface area contributed by atoms with E-state index >= 15 is 0 Å². The molecule has 0 radical (unpaired) electrons. The van der Waals surface area contributed by atoms with Crippen molar-refractivity contribution in [2.45, 2.75) is 25.4 Å². The van der Waals surface area contributed by atoms with Crippen molar-refractivity contribution in [3.05, 3.63) is 42.1 Å². The van der Waals surface area contributed by atoms with Gasteiger partial charge in [-0.05, 0) is 44.0 Å². The van der Waals surface area contributed by atoms with Gasteiger partial charge in [0.25, 0.3) is 5.91 Å². The van der Waals surface area contributed by atoms with Crippen LogP contribution in [0.1, 0.15) is 30.1 Å². The molecule has 1 fully saturated rings. The second-order valence-corrected chi connectivity index (χ2v) is 5.50. The molecule has 1 N–H and O–H groups in total. The van der Waals surface area contributed by atoms with Crippen LogP contribution in [0.3, 0.4) is 0 Å². The summed E-state index contributed by atoms with van der Waals surface area (Å²) in [7, 11) is 0. The highest BCUT2D eigenvalue weighted by Gasteiger charge is 2.30. The third kappa shape index (κ3) is 2.65. The van der Waals surface area contributed by atoms with Crippen LogP contribution in [-0.2, 0) is 4.74 Å².